The Morgan fingerprint density at radius 1 is 0.946 bits per heavy atom. The number of benzene rings is 3. The largest absolute Gasteiger partial charge is 0.355 e. The van der Waals surface area contributed by atoms with Crippen LogP contribution in [0.1, 0.15) is 30.5 Å². The molecular weight excluding hydrogens is 510 g/mol. The number of sulfonamides is 1. The van der Waals surface area contributed by atoms with Crippen LogP contribution in [0.2, 0.25) is 5.02 Å². The Hall–Kier alpha value is -3.36. The molecule has 0 unspecified atom stereocenters. The molecule has 37 heavy (non-hydrogen) atoms. The fourth-order valence-corrected chi connectivity index (χ4v) is 5.73. The first-order valence-corrected chi connectivity index (χ1v) is 13.8. The van der Waals surface area contributed by atoms with Crippen molar-refractivity contribution in [3.63, 3.8) is 0 Å². The van der Waals surface area contributed by atoms with Crippen molar-refractivity contribution in [2.75, 3.05) is 17.4 Å². The molecule has 2 amide bonds. The number of likely N-dealkylation sites (N-methyl/N-ethyl adjacent to an activating group) is 1. The number of nitrogens with zero attached hydrogens (tertiary/aromatic N) is 2. The van der Waals surface area contributed by atoms with E-state index in [1.807, 2.05) is 31.2 Å². The van der Waals surface area contributed by atoms with Gasteiger partial charge in [-0.15, -0.1) is 0 Å². The number of aryl methyl sites for hydroxylation is 2. The van der Waals surface area contributed by atoms with Crippen LogP contribution in [-0.4, -0.2) is 44.3 Å². The normalized spacial score (nSPS) is 12.0. The quantitative estimate of drug-likeness (QED) is 0.403. The summed E-state index contributed by atoms with van der Waals surface area (Å²) in [5, 5.41) is 3.21. The van der Waals surface area contributed by atoms with Crippen molar-refractivity contribution in [1.29, 1.82) is 0 Å². The minimum Gasteiger partial charge on any atom is -0.355 e. The Bertz CT molecular complexity index is 1360. The molecule has 0 bridgehead atoms. The average Bonchev–Trinajstić information content (AvgIpc) is 2.87. The van der Waals surface area contributed by atoms with Crippen molar-refractivity contribution in [3.05, 3.63) is 94.5 Å². The first-order valence-electron chi connectivity index (χ1n) is 12.0. The second kappa shape index (κ2) is 12.3. The van der Waals surface area contributed by atoms with Gasteiger partial charge in [0.25, 0.3) is 10.0 Å². The topological polar surface area (TPSA) is 86.8 Å². The van der Waals surface area contributed by atoms with Crippen LogP contribution in [0.4, 0.5) is 5.69 Å². The summed E-state index contributed by atoms with van der Waals surface area (Å²) in [6.45, 7) is 7.19. The summed E-state index contributed by atoms with van der Waals surface area (Å²) in [6, 6.07) is 19.5. The Balaban J connectivity index is 2.07. The van der Waals surface area contributed by atoms with Crippen molar-refractivity contribution < 1.29 is 18.0 Å². The Labute approximate surface area is 224 Å². The van der Waals surface area contributed by atoms with Gasteiger partial charge in [-0.05, 0) is 74.7 Å². The second-order valence-corrected chi connectivity index (χ2v) is 11.1. The zero-order valence-electron chi connectivity index (χ0n) is 21.4. The van der Waals surface area contributed by atoms with Gasteiger partial charge >= 0.3 is 0 Å². The molecule has 0 aromatic heterocycles. The van der Waals surface area contributed by atoms with E-state index in [-0.39, 0.29) is 17.3 Å². The van der Waals surface area contributed by atoms with Gasteiger partial charge in [-0.1, -0.05) is 54.1 Å². The molecule has 3 aromatic carbocycles. The van der Waals surface area contributed by atoms with Crippen molar-refractivity contribution >= 4 is 39.1 Å². The molecule has 0 aliphatic carbocycles. The maximum atomic E-state index is 13.9. The summed E-state index contributed by atoms with van der Waals surface area (Å²) in [6.07, 6.45) is 0. The third-order valence-electron chi connectivity index (χ3n) is 6.16. The highest BCUT2D eigenvalue weighted by atomic mass is 35.5. The lowest BCUT2D eigenvalue weighted by Gasteiger charge is -2.32. The number of halogens is 1. The van der Waals surface area contributed by atoms with Crippen LogP contribution in [-0.2, 0) is 26.2 Å². The molecule has 196 valence electrons. The van der Waals surface area contributed by atoms with E-state index in [1.54, 1.807) is 57.2 Å². The molecule has 9 heteroatoms. The van der Waals surface area contributed by atoms with E-state index in [4.69, 9.17) is 11.6 Å². The lowest BCUT2D eigenvalue weighted by molar-refractivity contribution is -0.139. The number of hydrogen-bond acceptors (Lipinski definition) is 4. The van der Waals surface area contributed by atoms with E-state index in [2.05, 4.69) is 5.32 Å². The maximum absolute atomic E-state index is 13.9. The van der Waals surface area contributed by atoms with Crippen LogP contribution in [0.3, 0.4) is 0 Å². The van der Waals surface area contributed by atoms with Gasteiger partial charge in [0.2, 0.25) is 11.8 Å². The van der Waals surface area contributed by atoms with E-state index in [9.17, 15) is 18.0 Å². The Morgan fingerprint density at radius 3 is 2.22 bits per heavy atom. The second-order valence-electron chi connectivity index (χ2n) is 8.77. The van der Waals surface area contributed by atoms with Crippen LogP contribution in [0.25, 0.3) is 0 Å². The summed E-state index contributed by atoms with van der Waals surface area (Å²) in [5.74, 6) is -0.819. The zero-order valence-corrected chi connectivity index (χ0v) is 23.0. The SMILES string of the molecule is CCNC(=O)[C@@H](C)N(Cc1ccccc1C)C(=O)CN(c1ccc(Cl)cc1C)S(=O)(=O)c1ccccc1. The summed E-state index contributed by atoms with van der Waals surface area (Å²) in [5.41, 5.74) is 2.77. The molecule has 3 rings (SSSR count). The van der Waals surface area contributed by atoms with Gasteiger partial charge in [0.1, 0.15) is 12.6 Å². The first-order chi connectivity index (χ1) is 17.6. The molecule has 0 aliphatic heterocycles. The first kappa shape index (κ1) is 28.2. The summed E-state index contributed by atoms with van der Waals surface area (Å²) < 4.78 is 28.7. The Kier molecular flexibility index (Phi) is 9.34. The zero-order chi connectivity index (χ0) is 27.2. The number of hydrogen-bond donors (Lipinski definition) is 1. The fraction of sp³-hybridized carbons (Fsp3) is 0.286. The van der Waals surface area contributed by atoms with Gasteiger partial charge in [0.05, 0.1) is 10.6 Å². The van der Waals surface area contributed by atoms with E-state index >= 15 is 0 Å². The van der Waals surface area contributed by atoms with E-state index in [0.717, 1.165) is 15.4 Å². The number of nitrogens with one attached hydrogen (secondary N) is 1. The van der Waals surface area contributed by atoms with Crippen LogP contribution >= 0.6 is 11.6 Å². The monoisotopic (exact) mass is 541 g/mol. The van der Waals surface area contributed by atoms with Crippen molar-refractivity contribution in [1.82, 2.24) is 10.2 Å². The van der Waals surface area contributed by atoms with Crippen molar-refractivity contribution in [3.8, 4) is 0 Å². The van der Waals surface area contributed by atoms with Crippen LogP contribution in [0.15, 0.2) is 77.7 Å². The summed E-state index contributed by atoms with van der Waals surface area (Å²) >= 11 is 6.13. The molecule has 1 atom stereocenters. The molecular formula is C28H32ClN3O4S. The van der Waals surface area contributed by atoms with Crippen molar-refractivity contribution in [2.24, 2.45) is 0 Å². The fourth-order valence-electron chi connectivity index (χ4n) is 4.01. The Morgan fingerprint density at radius 2 is 1.59 bits per heavy atom. The molecule has 0 spiro atoms. The maximum Gasteiger partial charge on any atom is 0.264 e. The molecule has 0 saturated heterocycles. The van der Waals surface area contributed by atoms with Gasteiger partial charge < -0.3 is 10.2 Å². The summed E-state index contributed by atoms with van der Waals surface area (Å²) in [4.78, 5) is 28.1. The van der Waals surface area contributed by atoms with Gasteiger partial charge in [-0.25, -0.2) is 8.42 Å². The highest BCUT2D eigenvalue weighted by Gasteiger charge is 2.33. The van der Waals surface area contributed by atoms with E-state index < -0.39 is 28.5 Å². The molecule has 0 aliphatic rings. The van der Waals surface area contributed by atoms with E-state index in [0.29, 0.717) is 22.8 Å². The highest BCUT2D eigenvalue weighted by molar-refractivity contribution is 7.92. The lowest BCUT2D eigenvalue weighted by Crippen LogP contribution is -2.51. The number of carbonyl (C=O) groups is 2. The van der Waals surface area contributed by atoms with Crippen LogP contribution < -0.4 is 9.62 Å². The molecule has 0 fully saturated rings. The smallest absolute Gasteiger partial charge is 0.264 e. The minimum absolute atomic E-state index is 0.0550. The number of anilines is 1. The predicted octanol–water partition coefficient (Wildman–Crippen LogP) is 4.71. The molecule has 0 saturated carbocycles. The van der Waals surface area contributed by atoms with Gasteiger partial charge in [-0.3, -0.25) is 13.9 Å². The molecule has 3 aromatic rings. The molecule has 1 N–H and O–H groups in total. The standard InChI is InChI=1S/C28H32ClN3O4S/c1-5-30-28(34)22(4)31(18-23-12-10-9-11-20(23)2)27(33)19-32(26-16-15-24(29)17-21(26)3)37(35,36)25-13-7-6-8-14-25/h6-17,22H,5,18-19H2,1-4H3,(H,30,34)/t22-/m1/s1. The van der Waals surface area contributed by atoms with E-state index in [1.165, 1.54) is 17.0 Å². The number of rotatable bonds is 10. The average molecular weight is 542 g/mol. The third kappa shape index (κ3) is 6.70. The molecule has 0 heterocycles. The van der Waals surface area contributed by atoms with Crippen LogP contribution in [0.5, 0.6) is 0 Å². The minimum atomic E-state index is -4.11. The van der Waals surface area contributed by atoms with Gasteiger partial charge in [-0.2, -0.15) is 0 Å². The third-order valence-corrected chi connectivity index (χ3v) is 8.17. The van der Waals surface area contributed by atoms with Gasteiger partial charge in [0.15, 0.2) is 0 Å². The van der Waals surface area contributed by atoms with Gasteiger partial charge in [0, 0.05) is 18.1 Å². The number of carbonyl (C=O) groups excluding carboxylic acids is 2. The molecule has 7 nitrogen and oxygen atoms in total. The predicted molar refractivity (Wildman–Crippen MR) is 147 cm³/mol. The molecule has 0 radical (unpaired) electrons. The van der Waals surface area contributed by atoms with Crippen LogP contribution in [0, 0.1) is 13.8 Å². The number of amides is 2. The summed E-state index contributed by atoms with van der Waals surface area (Å²) in [7, 11) is -4.11. The lowest BCUT2D eigenvalue weighted by atomic mass is 10.1. The van der Waals surface area contributed by atoms with Crippen molar-refractivity contribution in [2.45, 2.75) is 45.2 Å². The highest BCUT2D eigenvalue weighted by Crippen LogP contribution is 2.29.